The van der Waals surface area contributed by atoms with Gasteiger partial charge in [-0.15, -0.1) is 0 Å². The van der Waals surface area contributed by atoms with Gasteiger partial charge in [0.25, 0.3) is 0 Å². The number of aliphatic hydroxyl groups excluding tert-OH is 1. The molecule has 0 rings (SSSR count). The molecule has 144 valence electrons. The summed E-state index contributed by atoms with van der Waals surface area (Å²) >= 11 is 0. The minimum atomic E-state index is -1.18. The van der Waals surface area contributed by atoms with Crippen molar-refractivity contribution in [3.8, 4) is 0 Å². The Labute approximate surface area is 195 Å². The van der Waals surface area contributed by atoms with E-state index >= 15 is 0 Å². The molecule has 0 aliphatic heterocycles. The first kappa shape index (κ1) is 30.2. The van der Waals surface area contributed by atoms with Crippen LogP contribution in [-0.4, -0.2) is 34.3 Å². The van der Waals surface area contributed by atoms with Crippen LogP contribution in [0.3, 0.4) is 0 Å². The summed E-state index contributed by atoms with van der Waals surface area (Å²) in [6.45, 7) is 3.57. The van der Waals surface area contributed by atoms with Gasteiger partial charge in [0.2, 0.25) is 0 Å². The Balaban J connectivity index is -0.000000457. The van der Waals surface area contributed by atoms with Gasteiger partial charge in [-0.3, -0.25) is 4.79 Å². The van der Waals surface area contributed by atoms with Gasteiger partial charge in [0, 0.05) is 5.97 Å². The van der Waals surface area contributed by atoms with E-state index in [1.54, 1.807) is 0 Å². The van der Waals surface area contributed by atoms with Crippen molar-refractivity contribution in [2.75, 3.05) is 0 Å². The second-order valence-electron chi connectivity index (χ2n) is 6.26. The fraction of sp³-hybridized carbons (Fsp3) is 0.889. The smallest absolute Gasteiger partial charge is 0.550 e. The summed E-state index contributed by atoms with van der Waals surface area (Å²) in [6.07, 6.45) is 13.1. The molecule has 0 saturated heterocycles. The van der Waals surface area contributed by atoms with Gasteiger partial charge in [0.15, 0.2) is 0 Å². The molecule has 2 unspecified atom stereocenters. The molecule has 2 atom stereocenters. The van der Waals surface area contributed by atoms with Crippen molar-refractivity contribution < 1.29 is 76.3 Å². The monoisotopic (exact) mass is 385 g/mol. The fourth-order valence-corrected chi connectivity index (χ4v) is 2.14. The summed E-state index contributed by atoms with van der Waals surface area (Å²) < 4.78 is 0. The molecule has 0 bridgehead atoms. The van der Waals surface area contributed by atoms with Crippen LogP contribution in [0.15, 0.2) is 0 Å². The van der Waals surface area contributed by atoms with Crippen LogP contribution in [0.4, 0.5) is 0 Å². The summed E-state index contributed by atoms with van der Waals surface area (Å²) in [5, 5.41) is 26.7. The van der Waals surface area contributed by atoms with Gasteiger partial charge in [-0.1, -0.05) is 71.1 Å². The third kappa shape index (κ3) is 26.8. The first-order valence-corrected chi connectivity index (χ1v) is 9.19. The second-order valence-corrected chi connectivity index (χ2v) is 6.26. The van der Waals surface area contributed by atoms with E-state index in [9.17, 15) is 14.7 Å². The van der Waals surface area contributed by atoms with Crippen molar-refractivity contribution in [1.82, 2.24) is 0 Å². The average molecular weight is 386 g/mol. The Morgan fingerprint density at radius 3 is 1.52 bits per heavy atom. The quantitative estimate of drug-likeness (QED) is 0.266. The van der Waals surface area contributed by atoms with Gasteiger partial charge in [0.1, 0.15) is 6.04 Å². The van der Waals surface area contributed by atoms with Gasteiger partial charge < -0.3 is 25.8 Å². The zero-order valence-corrected chi connectivity index (χ0v) is 19.5. The minimum absolute atomic E-state index is 0. The molecule has 0 amide bonds. The SMILES string of the molecule is CC(O)C(N)C(=O)O.CCCCCCCCCCCCCC(=O)[O-].[K+]. The van der Waals surface area contributed by atoms with E-state index < -0.39 is 24.1 Å². The fourth-order valence-electron chi connectivity index (χ4n) is 2.14. The minimum Gasteiger partial charge on any atom is -0.550 e. The van der Waals surface area contributed by atoms with Crippen molar-refractivity contribution in [2.45, 2.75) is 103 Å². The third-order valence-electron chi connectivity index (χ3n) is 3.79. The number of carbonyl (C=O) groups is 2. The molecule has 7 heteroatoms. The van der Waals surface area contributed by atoms with Crippen LogP contribution < -0.4 is 62.2 Å². The Bertz CT molecular complexity index is 314. The molecule has 0 aliphatic rings. The largest absolute Gasteiger partial charge is 1.00 e. The van der Waals surface area contributed by atoms with E-state index in [0.717, 1.165) is 12.8 Å². The number of nitrogens with two attached hydrogens (primary N) is 1. The molecule has 6 nitrogen and oxygen atoms in total. The van der Waals surface area contributed by atoms with Crippen molar-refractivity contribution >= 4 is 11.9 Å². The summed E-state index contributed by atoms with van der Waals surface area (Å²) in [6, 6.07) is -1.16. The average Bonchev–Trinajstić information content (AvgIpc) is 2.52. The van der Waals surface area contributed by atoms with Gasteiger partial charge in [0.05, 0.1) is 6.10 Å². The number of carboxylic acids is 2. The zero-order chi connectivity index (χ0) is 18.8. The summed E-state index contributed by atoms with van der Waals surface area (Å²) in [5.41, 5.74) is 4.91. The summed E-state index contributed by atoms with van der Waals surface area (Å²) in [5.74, 6) is -2.09. The van der Waals surface area contributed by atoms with Gasteiger partial charge in [-0.2, -0.15) is 0 Å². The van der Waals surface area contributed by atoms with Crippen molar-refractivity contribution in [3.05, 3.63) is 0 Å². The Morgan fingerprint density at radius 1 is 0.920 bits per heavy atom. The molecule has 0 radical (unpaired) electrons. The van der Waals surface area contributed by atoms with Crippen molar-refractivity contribution in [1.29, 1.82) is 0 Å². The van der Waals surface area contributed by atoms with E-state index in [0.29, 0.717) is 0 Å². The first-order valence-electron chi connectivity index (χ1n) is 9.19. The van der Waals surface area contributed by atoms with E-state index in [-0.39, 0.29) is 57.8 Å². The molecule has 0 aromatic rings. The maximum atomic E-state index is 10.1. The van der Waals surface area contributed by atoms with Gasteiger partial charge in [-0.25, -0.2) is 0 Å². The molecule has 0 heterocycles. The molecule has 0 saturated carbocycles. The summed E-state index contributed by atoms with van der Waals surface area (Å²) in [4.78, 5) is 20.0. The van der Waals surface area contributed by atoms with Crippen molar-refractivity contribution in [2.24, 2.45) is 5.73 Å². The predicted octanol–water partition coefficient (Wildman–Crippen LogP) is -0.779. The van der Waals surface area contributed by atoms with E-state index in [1.807, 2.05) is 0 Å². The molecule has 4 N–H and O–H groups in total. The molecule has 0 aliphatic carbocycles. The van der Waals surface area contributed by atoms with Crippen LogP contribution in [0.25, 0.3) is 0 Å². The number of aliphatic hydroxyl groups is 1. The Morgan fingerprint density at radius 2 is 1.28 bits per heavy atom. The Kier molecular flexibility index (Phi) is 27.3. The molecule has 0 spiro atoms. The van der Waals surface area contributed by atoms with Crippen LogP contribution in [0, 0.1) is 0 Å². The first-order chi connectivity index (χ1) is 11.3. The third-order valence-corrected chi connectivity index (χ3v) is 3.79. The number of hydrogen-bond acceptors (Lipinski definition) is 5. The Hall–Kier alpha value is 0.496. The van der Waals surface area contributed by atoms with E-state index in [1.165, 1.54) is 64.7 Å². The van der Waals surface area contributed by atoms with Gasteiger partial charge in [-0.05, 0) is 19.8 Å². The molecular weight excluding hydrogens is 349 g/mol. The standard InChI is InChI=1S/C14H28O2.C4H9NO3.K/c1-2-3-4-5-6-7-8-9-10-11-12-13-14(15)16;1-2(6)3(5)4(7)8;/h2-13H2,1H3,(H,15,16);2-3,6H,5H2,1H3,(H,7,8);/q;;+1/p-1. The van der Waals surface area contributed by atoms with Crippen LogP contribution in [0.5, 0.6) is 0 Å². The van der Waals surface area contributed by atoms with Crippen LogP contribution >= 0.6 is 0 Å². The topological polar surface area (TPSA) is 124 Å². The maximum Gasteiger partial charge on any atom is 1.00 e. The van der Waals surface area contributed by atoms with Crippen LogP contribution in [0.1, 0.15) is 90.9 Å². The van der Waals surface area contributed by atoms with E-state index in [4.69, 9.17) is 15.9 Å². The normalized spacial score (nSPS) is 12.3. The molecule has 0 fully saturated rings. The summed E-state index contributed by atoms with van der Waals surface area (Å²) in [7, 11) is 0. The zero-order valence-electron chi connectivity index (χ0n) is 16.3. The van der Waals surface area contributed by atoms with Crippen LogP contribution in [0.2, 0.25) is 0 Å². The van der Waals surface area contributed by atoms with Crippen molar-refractivity contribution in [3.63, 3.8) is 0 Å². The predicted molar refractivity (Wildman–Crippen MR) is 93.4 cm³/mol. The number of carboxylic acid groups (broad SMARTS) is 2. The number of carbonyl (C=O) groups excluding carboxylic acids is 1. The molecule has 0 aromatic carbocycles. The number of hydrogen-bond donors (Lipinski definition) is 3. The molecular formula is C18H36KNO5. The molecule has 25 heavy (non-hydrogen) atoms. The maximum absolute atomic E-state index is 10.1. The van der Waals surface area contributed by atoms with Gasteiger partial charge >= 0.3 is 57.4 Å². The van der Waals surface area contributed by atoms with E-state index in [2.05, 4.69) is 6.92 Å². The van der Waals surface area contributed by atoms with Crippen LogP contribution in [-0.2, 0) is 9.59 Å². The molecule has 0 aromatic heterocycles. The number of unbranched alkanes of at least 4 members (excludes halogenated alkanes) is 10. The second kappa shape index (κ2) is 22.5. The number of aliphatic carboxylic acids is 2. The number of rotatable bonds is 14.